The Morgan fingerprint density at radius 1 is 0.879 bits per heavy atom. The fourth-order valence-corrected chi connectivity index (χ4v) is 3.67. The molecular formula is C25H17Cl2N3O3. The van der Waals surface area contributed by atoms with Crippen molar-refractivity contribution in [3.63, 3.8) is 0 Å². The van der Waals surface area contributed by atoms with E-state index < -0.39 is 5.97 Å². The smallest absolute Gasteiger partial charge is 0.343 e. The molecule has 0 saturated carbocycles. The van der Waals surface area contributed by atoms with E-state index in [1.807, 2.05) is 41.2 Å². The number of para-hydroxylation sites is 1. The highest BCUT2D eigenvalue weighted by atomic mass is 35.5. The summed E-state index contributed by atoms with van der Waals surface area (Å²) in [5, 5.41) is 4.28. The van der Waals surface area contributed by atoms with Gasteiger partial charge in [0.05, 0.1) is 33.1 Å². The molecule has 1 heterocycles. The Morgan fingerprint density at radius 2 is 1.52 bits per heavy atom. The van der Waals surface area contributed by atoms with Gasteiger partial charge in [0.1, 0.15) is 0 Å². The number of nitrogens with zero attached hydrogens (tertiary/aromatic N) is 2. The van der Waals surface area contributed by atoms with Crippen LogP contribution in [0, 0.1) is 0 Å². The van der Waals surface area contributed by atoms with E-state index in [9.17, 15) is 9.59 Å². The number of hydrogen-bond donors (Lipinski definition) is 1. The summed E-state index contributed by atoms with van der Waals surface area (Å²) in [4.78, 5) is 24.9. The molecule has 0 spiro atoms. The van der Waals surface area contributed by atoms with E-state index in [-0.39, 0.29) is 21.7 Å². The summed E-state index contributed by atoms with van der Waals surface area (Å²) in [6, 6.07) is 22.5. The second-order valence-corrected chi connectivity index (χ2v) is 7.69. The van der Waals surface area contributed by atoms with Gasteiger partial charge in [-0.1, -0.05) is 53.5 Å². The molecule has 6 nitrogen and oxygen atoms in total. The van der Waals surface area contributed by atoms with Gasteiger partial charge >= 0.3 is 5.97 Å². The van der Waals surface area contributed by atoms with Gasteiger partial charge in [0.25, 0.3) is 5.91 Å². The lowest BCUT2D eigenvalue weighted by Crippen LogP contribution is -2.19. The Balaban J connectivity index is 1.46. The van der Waals surface area contributed by atoms with Crippen molar-refractivity contribution in [2.24, 2.45) is 5.10 Å². The fraction of sp³-hybridized carbons (Fsp3) is 0. The third-order valence-corrected chi connectivity index (χ3v) is 5.20. The molecule has 164 valence electrons. The van der Waals surface area contributed by atoms with Crippen molar-refractivity contribution >= 4 is 41.3 Å². The Kier molecular flexibility index (Phi) is 6.88. The molecule has 0 aliphatic rings. The van der Waals surface area contributed by atoms with E-state index in [1.165, 1.54) is 18.3 Å². The van der Waals surface area contributed by atoms with Crippen molar-refractivity contribution in [2.45, 2.75) is 0 Å². The minimum Gasteiger partial charge on any atom is -0.420 e. The van der Waals surface area contributed by atoms with Gasteiger partial charge in [-0.25, -0.2) is 10.2 Å². The van der Waals surface area contributed by atoms with Crippen LogP contribution in [0.2, 0.25) is 10.0 Å². The molecule has 0 atom stereocenters. The van der Waals surface area contributed by atoms with Gasteiger partial charge in [-0.15, -0.1) is 0 Å². The van der Waals surface area contributed by atoms with Gasteiger partial charge in [0.15, 0.2) is 5.75 Å². The van der Waals surface area contributed by atoms with Gasteiger partial charge < -0.3 is 9.30 Å². The van der Waals surface area contributed by atoms with E-state index in [0.717, 1.165) is 5.69 Å². The zero-order valence-corrected chi connectivity index (χ0v) is 18.6. The molecule has 8 heteroatoms. The molecular weight excluding hydrogens is 461 g/mol. The molecule has 0 saturated heterocycles. The summed E-state index contributed by atoms with van der Waals surface area (Å²) in [7, 11) is 0. The number of carbonyl (C=O) groups is 2. The number of hydrogen-bond acceptors (Lipinski definition) is 4. The first-order valence-corrected chi connectivity index (χ1v) is 10.6. The molecule has 0 fully saturated rings. The van der Waals surface area contributed by atoms with Crippen molar-refractivity contribution in [2.75, 3.05) is 0 Å². The average molecular weight is 478 g/mol. The van der Waals surface area contributed by atoms with E-state index >= 15 is 0 Å². The number of benzene rings is 3. The summed E-state index contributed by atoms with van der Waals surface area (Å²) in [5.41, 5.74) is 4.58. The van der Waals surface area contributed by atoms with Crippen molar-refractivity contribution in [1.29, 1.82) is 0 Å². The first kappa shape index (κ1) is 22.3. The number of ether oxygens (including phenoxy) is 1. The van der Waals surface area contributed by atoms with Gasteiger partial charge in [-0.2, -0.15) is 5.10 Å². The number of carbonyl (C=O) groups excluding carboxylic acids is 2. The standard InChI is InChI=1S/C25H17Cl2N3O3/c26-20-14-17(15-21(27)23(20)33-25(32)18-8-2-1-3-9-18)16-28-29-24(31)19-10-4-5-11-22(19)30-12-6-7-13-30/h1-16H,(H,29,31)/b28-16-. The van der Waals surface area contributed by atoms with Gasteiger partial charge in [-0.3, -0.25) is 4.79 Å². The van der Waals surface area contributed by atoms with E-state index in [1.54, 1.807) is 42.5 Å². The topological polar surface area (TPSA) is 72.7 Å². The van der Waals surface area contributed by atoms with Crippen LogP contribution in [0.3, 0.4) is 0 Å². The highest BCUT2D eigenvalue weighted by Gasteiger charge is 2.15. The zero-order valence-electron chi connectivity index (χ0n) is 17.1. The number of hydrazone groups is 1. The summed E-state index contributed by atoms with van der Waals surface area (Å²) in [6.45, 7) is 0. The quantitative estimate of drug-likeness (QED) is 0.166. The van der Waals surface area contributed by atoms with Gasteiger partial charge in [0, 0.05) is 12.4 Å². The summed E-state index contributed by atoms with van der Waals surface area (Å²) in [5.74, 6) is -0.899. The SMILES string of the molecule is O=C(Oc1c(Cl)cc(/C=N\NC(=O)c2ccccc2-n2cccc2)cc1Cl)c1ccccc1. The predicted molar refractivity (Wildman–Crippen MR) is 129 cm³/mol. The normalized spacial score (nSPS) is 10.8. The van der Waals surface area contributed by atoms with Crippen LogP contribution in [0.4, 0.5) is 0 Å². The molecule has 4 aromatic rings. The number of rotatable bonds is 6. The number of nitrogens with one attached hydrogen (secondary N) is 1. The first-order chi connectivity index (χ1) is 16.0. The molecule has 1 aromatic heterocycles. The van der Waals surface area contributed by atoms with E-state index in [0.29, 0.717) is 16.7 Å². The molecule has 0 aliphatic carbocycles. The summed E-state index contributed by atoms with van der Waals surface area (Å²) >= 11 is 12.5. The number of esters is 1. The van der Waals surface area contributed by atoms with Crippen LogP contribution in [0.5, 0.6) is 5.75 Å². The number of halogens is 2. The van der Waals surface area contributed by atoms with Gasteiger partial charge in [-0.05, 0) is 54.1 Å². The molecule has 4 rings (SSSR count). The van der Waals surface area contributed by atoms with Crippen molar-refractivity contribution in [1.82, 2.24) is 9.99 Å². The highest BCUT2D eigenvalue weighted by Crippen LogP contribution is 2.34. The molecule has 0 radical (unpaired) electrons. The fourth-order valence-electron chi connectivity index (χ4n) is 3.09. The third kappa shape index (κ3) is 5.31. The van der Waals surface area contributed by atoms with Crippen molar-refractivity contribution < 1.29 is 14.3 Å². The maximum atomic E-state index is 12.6. The Bertz CT molecular complexity index is 1300. The first-order valence-electron chi connectivity index (χ1n) is 9.85. The minimum absolute atomic E-state index is 0.0500. The van der Waals surface area contributed by atoms with E-state index in [4.69, 9.17) is 27.9 Å². The highest BCUT2D eigenvalue weighted by molar-refractivity contribution is 6.37. The zero-order chi connectivity index (χ0) is 23.2. The van der Waals surface area contributed by atoms with Crippen LogP contribution in [0.15, 0.2) is 96.4 Å². The largest absolute Gasteiger partial charge is 0.420 e. The van der Waals surface area contributed by atoms with Crippen molar-refractivity contribution in [3.8, 4) is 11.4 Å². The summed E-state index contributed by atoms with van der Waals surface area (Å²) in [6.07, 6.45) is 5.10. The second-order valence-electron chi connectivity index (χ2n) is 6.88. The lowest BCUT2D eigenvalue weighted by Gasteiger charge is -2.10. The van der Waals surface area contributed by atoms with Crippen molar-refractivity contribution in [3.05, 3.63) is 118 Å². The molecule has 33 heavy (non-hydrogen) atoms. The van der Waals surface area contributed by atoms with Crippen LogP contribution in [0.1, 0.15) is 26.3 Å². The molecule has 0 bridgehead atoms. The third-order valence-electron chi connectivity index (χ3n) is 4.64. The van der Waals surface area contributed by atoms with Gasteiger partial charge in [0.2, 0.25) is 0 Å². The maximum Gasteiger partial charge on any atom is 0.343 e. The van der Waals surface area contributed by atoms with Crippen LogP contribution in [-0.2, 0) is 0 Å². The van der Waals surface area contributed by atoms with Crippen LogP contribution in [-0.4, -0.2) is 22.7 Å². The Morgan fingerprint density at radius 3 is 2.21 bits per heavy atom. The Hall–Kier alpha value is -3.87. The average Bonchev–Trinajstić information content (AvgIpc) is 3.37. The molecule has 1 N–H and O–H groups in total. The molecule has 0 aliphatic heterocycles. The second kappa shape index (κ2) is 10.2. The van der Waals surface area contributed by atoms with Crippen LogP contribution in [0.25, 0.3) is 5.69 Å². The number of aromatic nitrogens is 1. The lowest BCUT2D eigenvalue weighted by molar-refractivity contribution is 0.0734. The minimum atomic E-state index is -0.575. The van der Waals surface area contributed by atoms with Crippen LogP contribution < -0.4 is 10.2 Å². The van der Waals surface area contributed by atoms with Crippen LogP contribution >= 0.6 is 23.2 Å². The molecule has 0 unspecified atom stereocenters. The number of amides is 1. The Labute approximate surface area is 200 Å². The lowest BCUT2D eigenvalue weighted by atomic mass is 10.1. The van der Waals surface area contributed by atoms with E-state index in [2.05, 4.69) is 10.5 Å². The molecule has 3 aromatic carbocycles. The monoisotopic (exact) mass is 477 g/mol. The maximum absolute atomic E-state index is 12.6. The summed E-state index contributed by atoms with van der Waals surface area (Å²) < 4.78 is 7.19. The predicted octanol–water partition coefficient (Wildman–Crippen LogP) is 5.77. The molecule has 1 amide bonds.